The molecule has 0 saturated carbocycles. The number of benzene rings is 1. The minimum atomic E-state index is 0.0570. The number of ketones is 1. The third kappa shape index (κ3) is 2.37. The minimum absolute atomic E-state index is 0.0570. The van der Waals surface area contributed by atoms with Gasteiger partial charge in [-0.1, -0.05) is 23.7 Å². The van der Waals surface area contributed by atoms with Gasteiger partial charge in [0.25, 0.3) is 0 Å². The van der Waals surface area contributed by atoms with Gasteiger partial charge in [-0.3, -0.25) is 4.79 Å². The number of nitrogens with one attached hydrogen (secondary N) is 1. The lowest BCUT2D eigenvalue weighted by Crippen LogP contribution is -2.02. The lowest BCUT2D eigenvalue weighted by molar-refractivity contribution is 0.0994. The summed E-state index contributed by atoms with van der Waals surface area (Å²) in [5.41, 5.74) is 2.32. The lowest BCUT2D eigenvalue weighted by Gasteiger charge is -2.01. The number of fused-ring (bicyclic) bond motifs is 1. The van der Waals surface area contributed by atoms with Crippen LogP contribution in [-0.4, -0.2) is 15.8 Å². The third-order valence-corrected chi connectivity index (χ3v) is 3.24. The van der Waals surface area contributed by atoms with Crippen molar-refractivity contribution < 1.29 is 4.79 Å². The number of nitrogens with zero attached hydrogens (tertiary/aromatic N) is 1. The fraction of sp³-hybridized carbons (Fsp3) is 0.0667. The quantitative estimate of drug-likeness (QED) is 0.739. The maximum absolute atomic E-state index is 12.3. The first kappa shape index (κ1) is 11.9. The van der Waals surface area contributed by atoms with Crippen molar-refractivity contribution in [2.75, 3.05) is 0 Å². The Morgan fingerprint density at radius 2 is 2.16 bits per heavy atom. The fourth-order valence-corrected chi connectivity index (χ4v) is 2.33. The van der Waals surface area contributed by atoms with Gasteiger partial charge in [-0.15, -0.1) is 0 Å². The first-order valence-corrected chi connectivity index (χ1v) is 6.31. The van der Waals surface area contributed by atoms with E-state index < -0.39 is 0 Å². The number of carbonyl (C=O) groups excluding carboxylic acids is 1. The number of carbonyl (C=O) groups is 1. The molecule has 19 heavy (non-hydrogen) atoms. The molecule has 0 amide bonds. The van der Waals surface area contributed by atoms with E-state index in [-0.39, 0.29) is 5.78 Å². The summed E-state index contributed by atoms with van der Waals surface area (Å²) >= 11 is 5.92. The molecule has 94 valence electrons. The zero-order valence-corrected chi connectivity index (χ0v) is 10.8. The molecule has 0 aliphatic rings. The molecule has 3 rings (SSSR count). The summed E-state index contributed by atoms with van der Waals surface area (Å²) in [5, 5.41) is 1.50. The highest BCUT2D eigenvalue weighted by Gasteiger charge is 2.12. The van der Waals surface area contributed by atoms with Gasteiger partial charge in [0.1, 0.15) is 5.65 Å². The van der Waals surface area contributed by atoms with Crippen LogP contribution in [0.2, 0.25) is 5.02 Å². The molecule has 0 radical (unpaired) electrons. The molecule has 0 saturated heterocycles. The van der Waals surface area contributed by atoms with E-state index in [0.717, 1.165) is 16.6 Å². The Morgan fingerprint density at radius 1 is 1.26 bits per heavy atom. The Balaban J connectivity index is 1.92. The topological polar surface area (TPSA) is 45.8 Å². The van der Waals surface area contributed by atoms with Gasteiger partial charge in [0, 0.05) is 34.8 Å². The standard InChI is InChI=1S/C15H11ClN2O/c16-11-4-1-3-10(7-11)8-14(19)13-9-18-15-12(13)5-2-6-17-15/h1-7,9H,8H2,(H,17,18). The van der Waals surface area contributed by atoms with E-state index in [1.807, 2.05) is 30.3 Å². The van der Waals surface area contributed by atoms with Crippen LogP contribution in [0.3, 0.4) is 0 Å². The second-order valence-electron chi connectivity index (χ2n) is 4.33. The van der Waals surface area contributed by atoms with Gasteiger partial charge in [-0.2, -0.15) is 0 Å². The van der Waals surface area contributed by atoms with E-state index in [9.17, 15) is 4.79 Å². The van der Waals surface area contributed by atoms with Crippen molar-refractivity contribution in [3.63, 3.8) is 0 Å². The predicted molar refractivity (Wildman–Crippen MR) is 75.6 cm³/mol. The van der Waals surface area contributed by atoms with E-state index in [2.05, 4.69) is 9.97 Å². The summed E-state index contributed by atoms with van der Waals surface area (Å²) in [7, 11) is 0. The Labute approximate surface area is 115 Å². The average molecular weight is 271 g/mol. The molecule has 0 aliphatic heterocycles. The second kappa shape index (κ2) is 4.86. The first-order chi connectivity index (χ1) is 9.24. The molecule has 2 heterocycles. The maximum Gasteiger partial charge on any atom is 0.169 e. The van der Waals surface area contributed by atoms with Gasteiger partial charge in [0.05, 0.1) is 0 Å². The normalized spacial score (nSPS) is 10.8. The van der Waals surface area contributed by atoms with Gasteiger partial charge in [-0.25, -0.2) is 4.98 Å². The summed E-state index contributed by atoms with van der Waals surface area (Å²) in [4.78, 5) is 19.5. The van der Waals surface area contributed by atoms with Crippen LogP contribution in [0.4, 0.5) is 0 Å². The number of pyridine rings is 1. The maximum atomic E-state index is 12.3. The van der Waals surface area contributed by atoms with E-state index in [1.165, 1.54) is 0 Å². The molecule has 4 heteroatoms. The molecule has 0 spiro atoms. The highest BCUT2D eigenvalue weighted by atomic mass is 35.5. The molecular formula is C15H11ClN2O. The summed E-state index contributed by atoms with van der Waals surface area (Å²) in [6, 6.07) is 11.1. The van der Waals surface area contributed by atoms with Crippen molar-refractivity contribution in [3.05, 3.63) is 64.9 Å². The van der Waals surface area contributed by atoms with Crippen molar-refractivity contribution in [1.29, 1.82) is 0 Å². The Morgan fingerprint density at radius 3 is 3.00 bits per heavy atom. The number of Topliss-reactive ketones (excluding diaryl/α,β-unsaturated/α-hetero) is 1. The van der Waals surface area contributed by atoms with E-state index in [4.69, 9.17) is 11.6 Å². The molecule has 0 atom stereocenters. The van der Waals surface area contributed by atoms with E-state index >= 15 is 0 Å². The first-order valence-electron chi connectivity index (χ1n) is 5.94. The average Bonchev–Trinajstić information content (AvgIpc) is 2.82. The fourth-order valence-electron chi connectivity index (χ4n) is 2.11. The third-order valence-electron chi connectivity index (χ3n) is 3.01. The summed E-state index contributed by atoms with van der Waals surface area (Å²) < 4.78 is 0. The lowest BCUT2D eigenvalue weighted by atomic mass is 10.0. The molecule has 0 unspecified atom stereocenters. The molecule has 1 aromatic carbocycles. The summed E-state index contributed by atoms with van der Waals surface area (Å²) in [5.74, 6) is 0.0570. The Bertz CT molecular complexity index is 748. The summed E-state index contributed by atoms with van der Waals surface area (Å²) in [6.07, 6.45) is 3.75. The SMILES string of the molecule is O=C(Cc1cccc(Cl)c1)c1c[nH]c2ncccc12. The number of hydrogen-bond donors (Lipinski definition) is 1. The largest absolute Gasteiger partial charge is 0.345 e. The molecule has 2 aromatic heterocycles. The van der Waals surface area contributed by atoms with E-state index in [0.29, 0.717) is 17.0 Å². The van der Waals surface area contributed by atoms with Gasteiger partial charge in [0.2, 0.25) is 0 Å². The van der Waals surface area contributed by atoms with Crippen LogP contribution in [0.5, 0.6) is 0 Å². The van der Waals surface area contributed by atoms with Crippen LogP contribution >= 0.6 is 11.6 Å². The molecule has 0 aliphatic carbocycles. The minimum Gasteiger partial charge on any atom is -0.345 e. The number of rotatable bonds is 3. The molecule has 0 bridgehead atoms. The van der Waals surface area contributed by atoms with Crippen LogP contribution < -0.4 is 0 Å². The van der Waals surface area contributed by atoms with Gasteiger partial charge in [-0.05, 0) is 29.8 Å². The highest BCUT2D eigenvalue weighted by molar-refractivity contribution is 6.30. The smallest absolute Gasteiger partial charge is 0.169 e. The molecule has 1 N–H and O–H groups in total. The number of aromatic amines is 1. The van der Waals surface area contributed by atoms with Crippen LogP contribution in [0.15, 0.2) is 48.8 Å². The van der Waals surface area contributed by atoms with E-state index in [1.54, 1.807) is 18.5 Å². The molecule has 3 aromatic rings. The number of halogens is 1. The highest BCUT2D eigenvalue weighted by Crippen LogP contribution is 2.19. The zero-order chi connectivity index (χ0) is 13.2. The summed E-state index contributed by atoms with van der Waals surface area (Å²) in [6.45, 7) is 0. The van der Waals surface area contributed by atoms with Crippen molar-refractivity contribution in [2.24, 2.45) is 0 Å². The Hall–Kier alpha value is -2.13. The number of aromatic nitrogens is 2. The van der Waals surface area contributed by atoms with Gasteiger partial charge in [0.15, 0.2) is 5.78 Å². The second-order valence-corrected chi connectivity index (χ2v) is 4.77. The van der Waals surface area contributed by atoms with Gasteiger partial charge >= 0.3 is 0 Å². The number of hydrogen-bond acceptors (Lipinski definition) is 2. The molecular weight excluding hydrogens is 260 g/mol. The molecule has 3 nitrogen and oxygen atoms in total. The van der Waals surface area contributed by atoms with Crippen molar-refractivity contribution in [1.82, 2.24) is 9.97 Å². The van der Waals surface area contributed by atoms with Crippen LogP contribution in [0, 0.1) is 0 Å². The number of H-pyrrole nitrogens is 1. The Kier molecular flexibility index (Phi) is 3.05. The van der Waals surface area contributed by atoms with Crippen molar-refractivity contribution in [2.45, 2.75) is 6.42 Å². The molecule has 0 fully saturated rings. The van der Waals surface area contributed by atoms with Gasteiger partial charge < -0.3 is 4.98 Å². The van der Waals surface area contributed by atoms with Crippen molar-refractivity contribution >= 4 is 28.4 Å². The predicted octanol–water partition coefficient (Wildman–Crippen LogP) is 3.64. The van der Waals surface area contributed by atoms with Crippen LogP contribution in [0.25, 0.3) is 11.0 Å². The van der Waals surface area contributed by atoms with Crippen LogP contribution in [-0.2, 0) is 6.42 Å². The zero-order valence-electron chi connectivity index (χ0n) is 10.1. The monoisotopic (exact) mass is 270 g/mol. The van der Waals surface area contributed by atoms with Crippen LogP contribution in [0.1, 0.15) is 15.9 Å². The van der Waals surface area contributed by atoms with Crippen molar-refractivity contribution in [3.8, 4) is 0 Å².